The summed E-state index contributed by atoms with van der Waals surface area (Å²) in [6, 6.07) is 5.86. The van der Waals surface area contributed by atoms with Crippen molar-refractivity contribution in [1.82, 2.24) is 4.90 Å². The van der Waals surface area contributed by atoms with Crippen LogP contribution < -0.4 is 0 Å². The molecule has 0 bridgehead atoms. The first-order valence-corrected chi connectivity index (χ1v) is 6.81. The van der Waals surface area contributed by atoms with Gasteiger partial charge in [0.1, 0.15) is 5.82 Å². The molecule has 0 aromatic heterocycles. The lowest BCUT2D eigenvalue weighted by Crippen LogP contribution is -2.24. The molecule has 0 spiro atoms. The molecular formula is C15H20FNO2. The second-order valence-electron chi connectivity index (χ2n) is 5.15. The molecule has 3 nitrogen and oxygen atoms in total. The van der Waals surface area contributed by atoms with E-state index in [0.29, 0.717) is 17.9 Å². The van der Waals surface area contributed by atoms with E-state index >= 15 is 0 Å². The average molecular weight is 265 g/mol. The third kappa shape index (κ3) is 4.11. The van der Waals surface area contributed by atoms with Gasteiger partial charge in [0.05, 0.1) is 0 Å². The van der Waals surface area contributed by atoms with E-state index in [4.69, 9.17) is 5.11 Å². The maximum absolute atomic E-state index is 13.0. The number of likely N-dealkylation sites (tertiary alicyclic amines) is 1. The Morgan fingerprint density at radius 3 is 3.05 bits per heavy atom. The number of ketones is 1. The van der Waals surface area contributed by atoms with Gasteiger partial charge in [0.25, 0.3) is 0 Å². The highest BCUT2D eigenvalue weighted by Crippen LogP contribution is 2.19. The number of aliphatic hydroxyl groups is 1. The van der Waals surface area contributed by atoms with Crippen LogP contribution in [0.2, 0.25) is 0 Å². The Kier molecular flexibility index (Phi) is 5.05. The minimum Gasteiger partial charge on any atom is -0.396 e. The molecule has 19 heavy (non-hydrogen) atoms. The highest BCUT2D eigenvalue weighted by atomic mass is 19.1. The number of hydrogen-bond donors (Lipinski definition) is 1. The summed E-state index contributed by atoms with van der Waals surface area (Å²) >= 11 is 0. The zero-order valence-electron chi connectivity index (χ0n) is 11.0. The molecule has 104 valence electrons. The highest BCUT2D eigenvalue weighted by molar-refractivity contribution is 5.96. The summed E-state index contributed by atoms with van der Waals surface area (Å²) in [5.74, 6) is 0.175. The predicted molar refractivity (Wildman–Crippen MR) is 71.6 cm³/mol. The predicted octanol–water partition coefficient (Wildman–Crippen LogP) is 2.10. The summed E-state index contributed by atoms with van der Waals surface area (Å²) < 4.78 is 13.0. The zero-order chi connectivity index (χ0) is 13.7. The fourth-order valence-electron chi connectivity index (χ4n) is 2.60. The summed E-state index contributed by atoms with van der Waals surface area (Å²) in [4.78, 5) is 14.2. The second-order valence-corrected chi connectivity index (χ2v) is 5.15. The van der Waals surface area contributed by atoms with Crippen LogP contribution in [-0.2, 0) is 0 Å². The van der Waals surface area contributed by atoms with Crippen LogP contribution in [0.1, 0.15) is 29.6 Å². The summed E-state index contributed by atoms with van der Waals surface area (Å²) in [7, 11) is 0. The number of Topliss-reactive ketones (excluding diaryl/α,β-unsaturated/α-hetero) is 1. The van der Waals surface area contributed by atoms with Crippen LogP contribution in [0, 0.1) is 11.7 Å². The third-order valence-electron chi connectivity index (χ3n) is 3.71. The average Bonchev–Trinajstić information content (AvgIpc) is 2.84. The maximum atomic E-state index is 13.0. The van der Waals surface area contributed by atoms with Crippen LogP contribution in [0.5, 0.6) is 0 Å². The topological polar surface area (TPSA) is 40.5 Å². The molecule has 1 saturated heterocycles. The van der Waals surface area contributed by atoms with Crippen LogP contribution in [0.4, 0.5) is 4.39 Å². The molecule has 1 aliphatic heterocycles. The van der Waals surface area contributed by atoms with Crippen molar-refractivity contribution in [3.8, 4) is 0 Å². The molecule has 2 rings (SSSR count). The number of carbonyl (C=O) groups is 1. The van der Waals surface area contributed by atoms with E-state index in [2.05, 4.69) is 4.90 Å². The first-order chi connectivity index (χ1) is 9.19. The molecule has 1 aliphatic rings. The molecule has 1 N–H and O–H groups in total. The number of benzene rings is 1. The maximum Gasteiger partial charge on any atom is 0.164 e. The standard InChI is InChI=1S/C15H20FNO2/c16-14-3-1-2-13(10-14)15(19)5-8-17-7-4-12(11-17)6-9-18/h1-3,10,12,18H,4-9,11H2. The van der Waals surface area contributed by atoms with Crippen LogP contribution in [0.15, 0.2) is 24.3 Å². The van der Waals surface area contributed by atoms with Crippen molar-refractivity contribution in [2.24, 2.45) is 5.92 Å². The quantitative estimate of drug-likeness (QED) is 0.801. The molecule has 1 heterocycles. The molecule has 0 amide bonds. The van der Waals surface area contributed by atoms with Crippen LogP contribution in [-0.4, -0.2) is 42.0 Å². The number of rotatable bonds is 6. The molecule has 0 aliphatic carbocycles. The van der Waals surface area contributed by atoms with Gasteiger partial charge in [0.15, 0.2) is 5.78 Å². The van der Waals surface area contributed by atoms with Crippen molar-refractivity contribution in [1.29, 1.82) is 0 Å². The van der Waals surface area contributed by atoms with Gasteiger partial charge in [-0.05, 0) is 37.4 Å². The highest BCUT2D eigenvalue weighted by Gasteiger charge is 2.22. The number of nitrogens with zero attached hydrogens (tertiary/aromatic N) is 1. The Bertz CT molecular complexity index is 436. The molecule has 1 fully saturated rings. The number of carbonyl (C=O) groups excluding carboxylic acids is 1. The van der Waals surface area contributed by atoms with Gasteiger partial charge in [-0.15, -0.1) is 0 Å². The minimum atomic E-state index is -0.366. The first kappa shape index (κ1) is 14.2. The van der Waals surface area contributed by atoms with Crippen molar-refractivity contribution in [2.75, 3.05) is 26.2 Å². The monoisotopic (exact) mass is 265 g/mol. The summed E-state index contributed by atoms with van der Waals surface area (Å²) in [6.45, 7) is 2.90. The van der Waals surface area contributed by atoms with Gasteiger partial charge in [0, 0.05) is 31.7 Å². The fourth-order valence-corrected chi connectivity index (χ4v) is 2.60. The Morgan fingerprint density at radius 2 is 2.32 bits per heavy atom. The van der Waals surface area contributed by atoms with Gasteiger partial charge >= 0.3 is 0 Å². The van der Waals surface area contributed by atoms with Crippen molar-refractivity contribution >= 4 is 5.78 Å². The van der Waals surface area contributed by atoms with E-state index in [1.807, 2.05) is 0 Å². The molecule has 0 radical (unpaired) electrons. The van der Waals surface area contributed by atoms with Crippen molar-refractivity contribution in [3.63, 3.8) is 0 Å². The lowest BCUT2D eigenvalue weighted by Gasteiger charge is -2.15. The molecule has 1 aromatic rings. The largest absolute Gasteiger partial charge is 0.396 e. The number of aliphatic hydroxyl groups excluding tert-OH is 1. The van der Waals surface area contributed by atoms with Crippen LogP contribution in [0.25, 0.3) is 0 Å². The molecule has 1 aromatic carbocycles. The first-order valence-electron chi connectivity index (χ1n) is 6.81. The van der Waals surface area contributed by atoms with Gasteiger partial charge in [-0.1, -0.05) is 12.1 Å². The van der Waals surface area contributed by atoms with Gasteiger partial charge in [0.2, 0.25) is 0 Å². The lowest BCUT2D eigenvalue weighted by molar-refractivity contribution is 0.0967. The lowest BCUT2D eigenvalue weighted by atomic mass is 10.1. The second kappa shape index (κ2) is 6.78. The Morgan fingerprint density at radius 1 is 1.47 bits per heavy atom. The molecular weight excluding hydrogens is 245 g/mol. The molecule has 4 heteroatoms. The molecule has 1 unspecified atom stereocenters. The van der Waals surface area contributed by atoms with Crippen molar-refractivity contribution in [2.45, 2.75) is 19.3 Å². The number of halogens is 1. The Hall–Kier alpha value is -1.26. The Labute approximate surface area is 113 Å². The van der Waals surface area contributed by atoms with Crippen LogP contribution in [0.3, 0.4) is 0 Å². The van der Waals surface area contributed by atoms with E-state index in [-0.39, 0.29) is 18.2 Å². The van der Waals surface area contributed by atoms with E-state index in [9.17, 15) is 9.18 Å². The van der Waals surface area contributed by atoms with Gasteiger partial charge in [-0.2, -0.15) is 0 Å². The van der Waals surface area contributed by atoms with Crippen LogP contribution >= 0.6 is 0 Å². The smallest absolute Gasteiger partial charge is 0.164 e. The summed E-state index contributed by atoms with van der Waals surface area (Å²) in [5, 5.41) is 8.90. The van der Waals surface area contributed by atoms with Crippen molar-refractivity contribution < 1.29 is 14.3 Å². The Balaban J connectivity index is 1.78. The van der Waals surface area contributed by atoms with Gasteiger partial charge in [-0.25, -0.2) is 4.39 Å². The van der Waals surface area contributed by atoms with Gasteiger partial charge in [-0.3, -0.25) is 4.79 Å². The SMILES string of the molecule is O=C(CCN1CCC(CCO)C1)c1cccc(F)c1. The fraction of sp³-hybridized carbons (Fsp3) is 0.533. The molecule has 0 saturated carbocycles. The summed E-state index contributed by atoms with van der Waals surface area (Å²) in [6.07, 6.45) is 2.36. The van der Waals surface area contributed by atoms with E-state index < -0.39 is 0 Å². The van der Waals surface area contributed by atoms with Crippen molar-refractivity contribution in [3.05, 3.63) is 35.6 Å². The summed E-state index contributed by atoms with van der Waals surface area (Å²) in [5.41, 5.74) is 0.450. The van der Waals surface area contributed by atoms with E-state index in [1.165, 1.54) is 12.1 Å². The van der Waals surface area contributed by atoms with E-state index in [0.717, 1.165) is 32.5 Å². The third-order valence-corrected chi connectivity index (χ3v) is 3.71. The molecule has 1 atom stereocenters. The number of hydrogen-bond acceptors (Lipinski definition) is 3. The minimum absolute atomic E-state index is 0.00916. The zero-order valence-corrected chi connectivity index (χ0v) is 11.0. The van der Waals surface area contributed by atoms with Gasteiger partial charge < -0.3 is 10.0 Å². The normalized spacial score (nSPS) is 19.8. The van der Waals surface area contributed by atoms with E-state index in [1.54, 1.807) is 12.1 Å².